The Morgan fingerprint density at radius 2 is 1.20 bits per heavy atom. The van der Waals surface area contributed by atoms with Gasteiger partial charge in [0.1, 0.15) is 6.04 Å². The summed E-state index contributed by atoms with van der Waals surface area (Å²) in [5.41, 5.74) is 5.52. The second kappa shape index (κ2) is 25.3. The van der Waals surface area contributed by atoms with Crippen molar-refractivity contribution in [1.82, 2.24) is 10.6 Å². The molecule has 0 spiro atoms. The molecule has 0 bridgehead atoms. The van der Waals surface area contributed by atoms with E-state index < -0.39 is 42.2 Å². The second-order valence-corrected chi connectivity index (χ2v) is 10.3. The zero-order valence-electron chi connectivity index (χ0n) is 24.6. The van der Waals surface area contributed by atoms with Crippen LogP contribution in [-0.4, -0.2) is 70.0 Å². The van der Waals surface area contributed by atoms with Crippen molar-refractivity contribution in [2.75, 3.05) is 6.54 Å². The monoisotopic (exact) mass is 599 g/mol. The number of aliphatic hydroxyl groups is 1. The lowest BCUT2D eigenvalue weighted by molar-refractivity contribution is -0.192. The minimum absolute atomic E-state index is 0.208. The SMILES string of the molecule is CCCCCCCCCCCCCCCC(=O)N[C@@H](CCCCN)C(=O)N[C@H](C(=O)O)[C@@H](C)O.O=C(O)C(F)(F)F. The highest BCUT2D eigenvalue weighted by Gasteiger charge is 2.38. The highest BCUT2D eigenvalue weighted by molar-refractivity contribution is 5.90. The maximum Gasteiger partial charge on any atom is 0.490 e. The lowest BCUT2D eigenvalue weighted by atomic mass is 10.0. The molecule has 0 rings (SSSR count). The number of aliphatic hydroxyl groups excluding tert-OH is 1. The van der Waals surface area contributed by atoms with Crippen LogP contribution in [0.15, 0.2) is 0 Å². The van der Waals surface area contributed by atoms with Crippen molar-refractivity contribution in [3.05, 3.63) is 0 Å². The molecule has 242 valence electrons. The van der Waals surface area contributed by atoms with Gasteiger partial charge < -0.3 is 31.7 Å². The third kappa shape index (κ3) is 25.1. The number of aliphatic carboxylic acids is 2. The molecule has 41 heavy (non-hydrogen) atoms. The van der Waals surface area contributed by atoms with Crippen LogP contribution in [0, 0.1) is 0 Å². The number of carbonyl (C=O) groups excluding carboxylic acids is 2. The first kappa shape index (κ1) is 40.7. The molecule has 0 aliphatic rings. The Bertz CT molecular complexity index is 723. The van der Waals surface area contributed by atoms with E-state index in [1.165, 1.54) is 71.1 Å². The summed E-state index contributed by atoms with van der Waals surface area (Å²) in [7, 11) is 0. The third-order valence-electron chi connectivity index (χ3n) is 6.39. The Morgan fingerprint density at radius 1 is 0.756 bits per heavy atom. The van der Waals surface area contributed by atoms with E-state index in [0.717, 1.165) is 19.3 Å². The number of nitrogens with one attached hydrogen (secondary N) is 2. The van der Waals surface area contributed by atoms with Crippen molar-refractivity contribution < 1.29 is 47.7 Å². The molecule has 0 radical (unpaired) electrons. The number of carbonyl (C=O) groups is 4. The fourth-order valence-corrected chi connectivity index (χ4v) is 3.97. The van der Waals surface area contributed by atoms with Gasteiger partial charge >= 0.3 is 18.1 Å². The van der Waals surface area contributed by atoms with Crippen molar-refractivity contribution >= 4 is 23.8 Å². The first-order chi connectivity index (χ1) is 19.3. The Kier molecular flexibility index (Phi) is 25.1. The molecule has 2 amide bonds. The van der Waals surface area contributed by atoms with E-state index >= 15 is 0 Å². The second-order valence-electron chi connectivity index (χ2n) is 10.3. The molecular weight excluding hydrogens is 547 g/mol. The van der Waals surface area contributed by atoms with Gasteiger partial charge in [0.2, 0.25) is 11.8 Å². The van der Waals surface area contributed by atoms with Gasteiger partial charge in [-0.15, -0.1) is 0 Å². The third-order valence-corrected chi connectivity index (χ3v) is 6.39. The average molecular weight is 600 g/mol. The number of unbranched alkanes of at least 4 members (excludes halogenated alkanes) is 13. The zero-order chi connectivity index (χ0) is 31.7. The number of halogens is 3. The lowest BCUT2D eigenvalue weighted by Gasteiger charge is -2.22. The van der Waals surface area contributed by atoms with Crippen LogP contribution in [0.5, 0.6) is 0 Å². The molecule has 0 aromatic rings. The summed E-state index contributed by atoms with van der Waals surface area (Å²) in [6, 6.07) is -2.25. The Balaban J connectivity index is 0. The molecule has 0 saturated carbocycles. The molecule has 0 saturated heterocycles. The predicted molar refractivity (Wildman–Crippen MR) is 150 cm³/mol. The summed E-state index contributed by atoms with van der Waals surface area (Å²) >= 11 is 0. The van der Waals surface area contributed by atoms with E-state index in [1.807, 2.05) is 0 Å². The van der Waals surface area contributed by atoms with Gasteiger partial charge in [0.25, 0.3) is 0 Å². The van der Waals surface area contributed by atoms with E-state index in [-0.39, 0.29) is 5.91 Å². The summed E-state index contributed by atoms with van der Waals surface area (Å²) in [6.45, 7) is 4.02. The molecule has 0 aliphatic carbocycles. The van der Waals surface area contributed by atoms with Crippen molar-refractivity contribution in [3.8, 4) is 0 Å². The summed E-state index contributed by atoms with van der Waals surface area (Å²) in [5.74, 6) is -4.88. The molecule has 0 aromatic carbocycles. The highest BCUT2D eigenvalue weighted by atomic mass is 19.4. The Morgan fingerprint density at radius 3 is 1.56 bits per heavy atom. The summed E-state index contributed by atoms with van der Waals surface area (Å²) < 4.78 is 31.7. The molecule has 3 atom stereocenters. The van der Waals surface area contributed by atoms with Crippen LogP contribution in [0.4, 0.5) is 13.2 Å². The van der Waals surface area contributed by atoms with Crippen LogP contribution in [0.3, 0.4) is 0 Å². The molecule has 7 N–H and O–H groups in total. The molecule has 0 aliphatic heterocycles. The van der Waals surface area contributed by atoms with Gasteiger partial charge in [0, 0.05) is 6.42 Å². The first-order valence-electron chi connectivity index (χ1n) is 14.8. The van der Waals surface area contributed by atoms with Crippen molar-refractivity contribution in [3.63, 3.8) is 0 Å². The number of hydrogen-bond acceptors (Lipinski definition) is 6. The first-order valence-corrected chi connectivity index (χ1v) is 14.8. The van der Waals surface area contributed by atoms with Crippen LogP contribution in [-0.2, 0) is 19.2 Å². The minimum atomic E-state index is -5.08. The normalized spacial score (nSPS) is 13.3. The summed E-state index contributed by atoms with van der Waals surface area (Å²) in [4.78, 5) is 45.1. The van der Waals surface area contributed by atoms with Crippen LogP contribution < -0.4 is 16.4 Å². The number of alkyl halides is 3. The molecular formula is C28H52F3N3O7. The van der Waals surface area contributed by atoms with Crippen LogP contribution in [0.2, 0.25) is 0 Å². The maximum atomic E-state index is 12.5. The minimum Gasteiger partial charge on any atom is -0.480 e. The predicted octanol–water partition coefficient (Wildman–Crippen LogP) is 4.67. The Hall–Kier alpha value is -2.41. The zero-order valence-corrected chi connectivity index (χ0v) is 24.6. The van der Waals surface area contributed by atoms with Gasteiger partial charge in [-0.2, -0.15) is 13.2 Å². The number of hydrogen-bond donors (Lipinski definition) is 6. The molecule has 10 nitrogen and oxygen atoms in total. The molecule has 0 unspecified atom stereocenters. The molecule has 0 fully saturated rings. The van der Waals surface area contributed by atoms with Crippen LogP contribution >= 0.6 is 0 Å². The summed E-state index contributed by atoms with van der Waals surface area (Å²) in [5, 5.41) is 31.0. The maximum absolute atomic E-state index is 12.5. The molecule has 0 aromatic heterocycles. The quantitative estimate of drug-likeness (QED) is 0.0918. The number of amides is 2. The smallest absolute Gasteiger partial charge is 0.480 e. The van der Waals surface area contributed by atoms with Gasteiger partial charge in [-0.3, -0.25) is 9.59 Å². The number of carboxylic acids is 2. The van der Waals surface area contributed by atoms with Gasteiger partial charge in [-0.25, -0.2) is 9.59 Å². The van der Waals surface area contributed by atoms with E-state index in [0.29, 0.717) is 32.2 Å². The van der Waals surface area contributed by atoms with Crippen molar-refractivity contribution in [2.45, 2.75) is 147 Å². The largest absolute Gasteiger partial charge is 0.490 e. The fraction of sp³-hybridized carbons (Fsp3) is 0.857. The van der Waals surface area contributed by atoms with E-state index in [2.05, 4.69) is 17.6 Å². The number of nitrogens with two attached hydrogens (primary N) is 1. The summed E-state index contributed by atoms with van der Waals surface area (Å²) in [6.07, 6.45) is 11.7. The van der Waals surface area contributed by atoms with Crippen LogP contribution in [0.25, 0.3) is 0 Å². The van der Waals surface area contributed by atoms with E-state index in [4.69, 9.17) is 15.6 Å². The fourth-order valence-electron chi connectivity index (χ4n) is 3.97. The van der Waals surface area contributed by atoms with Crippen molar-refractivity contribution in [1.29, 1.82) is 0 Å². The van der Waals surface area contributed by atoms with Crippen molar-refractivity contribution in [2.24, 2.45) is 5.73 Å². The Labute approximate surface area is 242 Å². The van der Waals surface area contributed by atoms with Crippen LogP contribution in [0.1, 0.15) is 123 Å². The van der Waals surface area contributed by atoms with Gasteiger partial charge in [0.05, 0.1) is 6.10 Å². The molecule has 13 heteroatoms. The van der Waals surface area contributed by atoms with E-state index in [9.17, 15) is 37.8 Å². The number of carboxylic acid groups (broad SMARTS) is 2. The van der Waals surface area contributed by atoms with Gasteiger partial charge in [0.15, 0.2) is 6.04 Å². The van der Waals surface area contributed by atoms with Gasteiger partial charge in [-0.05, 0) is 39.2 Å². The topological polar surface area (TPSA) is 179 Å². The number of rotatable bonds is 23. The lowest BCUT2D eigenvalue weighted by Crippen LogP contribution is -2.54. The average Bonchev–Trinajstić information content (AvgIpc) is 2.88. The highest BCUT2D eigenvalue weighted by Crippen LogP contribution is 2.14. The van der Waals surface area contributed by atoms with Gasteiger partial charge in [-0.1, -0.05) is 84.0 Å². The van der Waals surface area contributed by atoms with E-state index in [1.54, 1.807) is 0 Å². The molecule has 0 heterocycles. The standard InChI is InChI=1S/C26H51N3O5.C2HF3O2/c1-3-4-5-6-7-8-9-10-11-12-13-14-15-19-23(31)28-22(18-16-17-20-27)25(32)29-24(21(2)30)26(33)34;3-2(4,5)1(6)7/h21-22,24,30H,3-20,27H2,1-2H3,(H,28,31)(H,29,32)(H,33,34);(H,6,7)/t21-,22+,24+;/m1./s1.